The van der Waals surface area contributed by atoms with E-state index in [1.54, 1.807) is 6.92 Å². The van der Waals surface area contributed by atoms with Gasteiger partial charge in [0.05, 0.1) is 0 Å². The number of carboxylic acid groups (broad SMARTS) is 1. The van der Waals surface area contributed by atoms with E-state index < -0.39 is 5.97 Å². The van der Waals surface area contributed by atoms with E-state index >= 15 is 0 Å². The van der Waals surface area contributed by atoms with E-state index in [9.17, 15) is 4.79 Å². The lowest BCUT2D eigenvalue weighted by Crippen LogP contribution is -2.14. The highest BCUT2D eigenvalue weighted by molar-refractivity contribution is 5.85. The lowest BCUT2D eigenvalue weighted by atomic mass is 9.92. The number of hydrogen-bond acceptors (Lipinski definition) is 3. The number of nitrogens with zero attached hydrogens (tertiary/aromatic N) is 2. The summed E-state index contributed by atoms with van der Waals surface area (Å²) in [5, 5.41) is 8.84. The van der Waals surface area contributed by atoms with Crippen LogP contribution in [0.1, 0.15) is 42.8 Å². The summed E-state index contributed by atoms with van der Waals surface area (Å²) in [7, 11) is 0. The third-order valence-corrected chi connectivity index (χ3v) is 1.81. The number of aromatic nitrogens is 2. The van der Waals surface area contributed by atoms with Crippen molar-refractivity contribution in [2.45, 2.75) is 34.1 Å². The topological polar surface area (TPSA) is 63.1 Å². The average Bonchev–Trinajstić information content (AvgIpc) is 1.99. The number of hydrogen-bond donors (Lipinski definition) is 1. The molecule has 0 saturated carbocycles. The van der Waals surface area contributed by atoms with Crippen LogP contribution in [0.5, 0.6) is 0 Å². The molecule has 0 aliphatic heterocycles. The van der Waals surface area contributed by atoms with Crippen LogP contribution < -0.4 is 0 Å². The quantitative estimate of drug-likeness (QED) is 0.808. The molecule has 0 spiro atoms. The van der Waals surface area contributed by atoms with Gasteiger partial charge in [-0.25, -0.2) is 14.8 Å². The molecular formula is C11H16N2O2. The molecule has 0 unspecified atom stereocenters. The maximum absolute atomic E-state index is 10.8. The summed E-state index contributed by atoms with van der Waals surface area (Å²) in [6.07, 6.45) is 0.676. The molecule has 0 atom stereocenters. The van der Waals surface area contributed by atoms with Crippen molar-refractivity contribution >= 4 is 5.97 Å². The summed E-state index contributed by atoms with van der Waals surface area (Å²) < 4.78 is 0. The maximum atomic E-state index is 10.8. The van der Waals surface area contributed by atoms with E-state index in [1.807, 2.05) is 0 Å². The van der Waals surface area contributed by atoms with Gasteiger partial charge in [0, 0.05) is 12.1 Å². The molecule has 0 aromatic carbocycles. The molecule has 0 radical (unpaired) electrons. The molecule has 0 amide bonds. The van der Waals surface area contributed by atoms with E-state index in [-0.39, 0.29) is 11.1 Å². The second kappa shape index (κ2) is 3.96. The van der Waals surface area contributed by atoms with Crippen LogP contribution in [0.3, 0.4) is 0 Å². The van der Waals surface area contributed by atoms with Gasteiger partial charge >= 0.3 is 5.97 Å². The molecule has 82 valence electrons. The van der Waals surface area contributed by atoms with Gasteiger partial charge in [-0.05, 0) is 18.4 Å². The van der Waals surface area contributed by atoms with Gasteiger partial charge in [0.1, 0.15) is 5.82 Å². The first-order valence-electron chi connectivity index (χ1n) is 4.86. The highest BCUT2D eigenvalue weighted by Gasteiger charge is 2.15. The smallest absolute Gasteiger partial charge is 0.354 e. The lowest BCUT2D eigenvalue weighted by Gasteiger charge is -2.16. The molecule has 4 heteroatoms. The summed E-state index contributed by atoms with van der Waals surface area (Å²) in [6.45, 7) is 7.98. The van der Waals surface area contributed by atoms with Gasteiger partial charge in [0.2, 0.25) is 0 Å². The SMILES string of the molecule is Cc1cc(C(=O)O)nc(CC(C)(C)C)n1. The fourth-order valence-corrected chi connectivity index (χ4v) is 1.29. The Morgan fingerprint density at radius 2 is 2.00 bits per heavy atom. The Morgan fingerprint density at radius 3 is 2.47 bits per heavy atom. The first-order valence-corrected chi connectivity index (χ1v) is 4.86. The van der Waals surface area contributed by atoms with Gasteiger partial charge < -0.3 is 5.11 Å². The van der Waals surface area contributed by atoms with Gasteiger partial charge in [-0.1, -0.05) is 20.8 Å². The van der Waals surface area contributed by atoms with Crippen molar-refractivity contribution in [3.05, 3.63) is 23.3 Å². The van der Waals surface area contributed by atoms with Crippen molar-refractivity contribution in [2.24, 2.45) is 5.41 Å². The molecule has 1 rings (SSSR count). The van der Waals surface area contributed by atoms with Crippen LogP contribution in [-0.4, -0.2) is 21.0 Å². The minimum atomic E-state index is -1.00. The van der Waals surface area contributed by atoms with Crippen LogP contribution in [0.15, 0.2) is 6.07 Å². The van der Waals surface area contributed by atoms with Crippen LogP contribution in [0.25, 0.3) is 0 Å². The van der Waals surface area contributed by atoms with E-state index in [0.29, 0.717) is 17.9 Å². The van der Waals surface area contributed by atoms with Crippen molar-refractivity contribution in [2.75, 3.05) is 0 Å². The fraction of sp³-hybridized carbons (Fsp3) is 0.545. The van der Waals surface area contributed by atoms with Crippen molar-refractivity contribution in [1.29, 1.82) is 0 Å². The fourth-order valence-electron chi connectivity index (χ4n) is 1.29. The first kappa shape index (κ1) is 11.6. The van der Waals surface area contributed by atoms with Crippen LogP contribution in [-0.2, 0) is 6.42 Å². The second-order valence-corrected chi connectivity index (χ2v) is 4.85. The largest absolute Gasteiger partial charge is 0.477 e. The number of aromatic carboxylic acids is 1. The normalized spacial score (nSPS) is 11.5. The molecule has 1 aromatic rings. The van der Waals surface area contributed by atoms with E-state index in [4.69, 9.17) is 5.11 Å². The predicted molar refractivity (Wildman–Crippen MR) is 56.9 cm³/mol. The second-order valence-electron chi connectivity index (χ2n) is 4.85. The molecule has 0 fully saturated rings. The third-order valence-electron chi connectivity index (χ3n) is 1.81. The van der Waals surface area contributed by atoms with Crippen molar-refractivity contribution in [1.82, 2.24) is 9.97 Å². The standard InChI is InChI=1S/C11H16N2O2/c1-7-5-8(10(14)15)13-9(12-7)6-11(2,3)4/h5H,6H2,1-4H3,(H,14,15). The predicted octanol–water partition coefficient (Wildman–Crippen LogP) is 2.07. The molecule has 15 heavy (non-hydrogen) atoms. The summed E-state index contributed by atoms with van der Waals surface area (Å²) >= 11 is 0. The Morgan fingerprint density at radius 1 is 1.40 bits per heavy atom. The van der Waals surface area contributed by atoms with E-state index in [1.165, 1.54) is 6.07 Å². The summed E-state index contributed by atoms with van der Waals surface area (Å²) in [6, 6.07) is 1.48. The summed E-state index contributed by atoms with van der Waals surface area (Å²) in [5.41, 5.74) is 0.826. The minimum Gasteiger partial charge on any atom is -0.477 e. The molecule has 0 aliphatic carbocycles. The number of rotatable bonds is 2. The monoisotopic (exact) mass is 208 g/mol. The van der Waals surface area contributed by atoms with Crippen molar-refractivity contribution < 1.29 is 9.90 Å². The van der Waals surface area contributed by atoms with Crippen LogP contribution in [0.4, 0.5) is 0 Å². The molecule has 4 nitrogen and oxygen atoms in total. The molecule has 0 bridgehead atoms. The lowest BCUT2D eigenvalue weighted by molar-refractivity contribution is 0.0689. The molecule has 1 aromatic heterocycles. The zero-order valence-electron chi connectivity index (χ0n) is 9.53. The van der Waals surface area contributed by atoms with Crippen LogP contribution >= 0.6 is 0 Å². The van der Waals surface area contributed by atoms with Crippen LogP contribution in [0.2, 0.25) is 0 Å². The van der Waals surface area contributed by atoms with Gasteiger partial charge in [0.25, 0.3) is 0 Å². The first-order chi connectivity index (χ1) is 6.78. The summed E-state index contributed by atoms with van der Waals surface area (Å²) in [5.74, 6) is -0.407. The van der Waals surface area contributed by atoms with Gasteiger partial charge in [-0.2, -0.15) is 0 Å². The van der Waals surface area contributed by atoms with Crippen molar-refractivity contribution in [3.8, 4) is 0 Å². The molecule has 1 N–H and O–H groups in total. The number of carbonyl (C=O) groups is 1. The minimum absolute atomic E-state index is 0.0591. The van der Waals surface area contributed by atoms with Gasteiger partial charge in [0.15, 0.2) is 5.69 Å². The maximum Gasteiger partial charge on any atom is 0.354 e. The van der Waals surface area contributed by atoms with Crippen molar-refractivity contribution in [3.63, 3.8) is 0 Å². The molecule has 0 aliphatic rings. The van der Waals surface area contributed by atoms with E-state index in [0.717, 1.165) is 0 Å². The number of carboxylic acids is 1. The van der Waals surface area contributed by atoms with Gasteiger partial charge in [-0.15, -0.1) is 0 Å². The zero-order valence-corrected chi connectivity index (χ0v) is 9.53. The highest BCUT2D eigenvalue weighted by atomic mass is 16.4. The third kappa shape index (κ3) is 3.65. The molecule has 0 saturated heterocycles. The van der Waals surface area contributed by atoms with Crippen LogP contribution in [0, 0.1) is 12.3 Å². The Hall–Kier alpha value is -1.45. The Balaban J connectivity index is 3.04. The zero-order chi connectivity index (χ0) is 11.6. The van der Waals surface area contributed by atoms with E-state index in [2.05, 4.69) is 30.7 Å². The molecular weight excluding hydrogens is 192 g/mol. The summed E-state index contributed by atoms with van der Waals surface area (Å²) in [4.78, 5) is 19.0. The Kier molecular flexibility index (Phi) is 3.07. The van der Waals surface area contributed by atoms with Gasteiger partial charge in [-0.3, -0.25) is 0 Å². The Bertz CT molecular complexity index is 381. The highest BCUT2D eigenvalue weighted by Crippen LogP contribution is 2.18. The average molecular weight is 208 g/mol. The number of aryl methyl sites for hydroxylation is 1. The molecule has 1 heterocycles. The Labute approximate surface area is 89.4 Å².